The van der Waals surface area contributed by atoms with Gasteiger partial charge in [-0.05, 0) is 78.7 Å². The van der Waals surface area contributed by atoms with Crippen molar-refractivity contribution in [3.63, 3.8) is 0 Å². The van der Waals surface area contributed by atoms with Gasteiger partial charge < -0.3 is 45.2 Å². The number of phosphoric acid groups is 1. The summed E-state index contributed by atoms with van der Waals surface area (Å²) >= 11 is 0. The molecule has 0 saturated heterocycles. The van der Waals surface area contributed by atoms with Gasteiger partial charge in [0.2, 0.25) is 11.8 Å². The number of non-ortho nitro benzene ring substituents is 1. The predicted molar refractivity (Wildman–Crippen MR) is 276 cm³/mol. The number of phosphoric ester groups is 1. The zero-order valence-electron chi connectivity index (χ0n) is 45.1. The van der Waals surface area contributed by atoms with E-state index in [2.05, 4.69) is 34.9 Å². The molecule has 0 atom stereocenters. The Morgan fingerprint density at radius 2 is 0.988 bits per heavy atom. The minimum Gasteiger partial charge on any atom is -0.780 e. The SMILES string of the molecule is CO.Cc1cc(CN(Cc2ccccn2)Cc2ccccn2)c([O-])c(CN(Cc2cccc(NC(=O)C(C)(C)C)n2)Cc2cccc(NC(=O)C(C)(C)C)n2)c1.F[P-](F)(F)(F)(F)F.O.O=[N+]([O-])c1ccc(OP(=O)([O-])[O-])cc1.[Zn+2].[Zn+2]. The van der Waals surface area contributed by atoms with Crippen LogP contribution >= 0.6 is 15.6 Å². The maximum Gasteiger partial charge on any atom is 2.00 e. The second-order valence-corrected chi connectivity index (χ2v) is 22.0. The van der Waals surface area contributed by atoms with Gasteiger partial charge >= 0.3 is 71.9 Å². The van der Waals surface area contributed by atoms with Crippen LogP contribution in [0.25, 0.3) is 0 Å². The van der Waals surface area contributed by atoms with Crippen molar-refractivity contribution in [2.75, 3.05) is 17.7 Å². The van der Waals surface area contributed by atoms with Crippen LogP contribution in [-0.2, 0) is 92.4 Å². The molecule has 0 aliphatic heterocycles. The number of carbonyl (C=O) groups is 2. The number of amides is 2. The number of nitro groups is 1. The smallest absolute Gasteiger partial charge is 0.780 e. The van der Waals surface area contributed by atoms with Crippen molar-refractivity contribution >= 4 is 44.8 Å². The van der Waals surface area contributed by atoms with E-state index in [-0.39, 0.29) is 73.4 Å². The minimum atomic E-state index is -10.7. The van der Waals surface area contributed by atoms with Gasteiger partial charge in [-0.2, -0.15) is 0 Å². The first-order chi connectivity index (χ1) is 35.4. The summed E-state index contributed by atoms with van der Waals surface area (Å²) in [6, 6.07) is 30.8. The molecule has 2 amide bonds. The molecule has 0 spiro atoms. The van der Waals surface area contributed by atoms with Gasteiger partial charge in [0.25, 0.3) is 5.69 Å². The molecule has 0 bridgehead atoms. The molecule has 0 aliphatic rings. The minimum absolute atomic E-state index is 0. The van der Waals surface area contributed by atoms with Crippen molar-refractivity contribution in [3.05, 3.63) is 171 Å². The van der Waals surface area contributed by atoms with E-state index in [0.717, 1.165) is 59.7 Å². The number of aliphatic hydroxyl groups excluding tert-OH is 1. The molecule has 2 aromatic carbocycles. The summed E-state index contributed by atoms with van der Waals surface area (Å²) in [5.41, 5.74) is 4.17. The number of nitrogens with one attached hydrogen (secondary N) is 2. The number of halogens is 6. The van der Waals surface area contributed by atoms with E-state index >= 15 is 0 Å². The Bertz CT molecular complexity index is 2850. The summed E-state index contributed by atoms with van der Waals surface area (Å²) in [6.45, 7) is 15.7. The third kappa shape index (κ3) is 30.7. The van der Waals surface area contributed by atoms with Crippen LogP contribution in [0.15, 0.2) is 122 Å². The van der Waals surface area contributed by atoms with Crippen LogP contribution < -0.4 is 30.1 Å². The van der Waals surface area contributed by atoms with Gasteiger partial charge in [-0.15, -0.1) is 0 Å². The Labute approximate surface area is 484 Å². The van der Waals surface area contributed by atoms with Crippen molar-refractivity contribution in [2.45, 2.75) is 87.7 Å². The molecular formula is C50H61F6N9O11P2Zn2. The Hall–Kier alpha value is -5.77. The second-order valence-electron chi connectivity index (χ2n) is 19.0. The van der Waals surface area contributed by atoms with Gasteiger partial charge in [-0.3, -0.25) is 39.5 Å². The van der Waals surface area contributed by atoms with Gasteiger partial charge in [0, 0.05) is 81.7 Å². The first-order valence-electron chi connectivity index (χ1n) is 23.0. The average molecular weight is 1270 g/mol. The van der Waals surface area contributed by atoms with Crippen molar-refractivity contribution < 1.29 is 113 Å². The van der Waals surface area contributed by atoms with Crippen LogP contribution in [0.4, 0.5) is 42.5 Å². The van der Waals surface area contributed by atoms with Gasteiger partial charge in [0.05, 0.1) is 27.7 Å². The largest absolute Gasteiger partial charge is 2.00 e. The van der Waals surface area contributed by atoms with Gasteiger partial charge in [0.1, 0.15) is 25.2 Å². The van der Waals surface area contributed by atoms with Crippen molar-refractivity contribution in [1.29, 1.82) is 0 Å². The summed E-state index contributed by atoms with van der Waals surface area (Å²) in [7, 11) is -14.8. The molecule has 20 nitrogen and oxygen atoms in total. The fourth-order valence-electron chi connectivity index (χ4n) is 6.52. The van der Waals surface area contributed by atoms with E-state index in [1.807, 2.05) is 121 Å². The molecule has 0 aliphatic carbocycles. The molecule has 0 saturated carbocycles. The summed E-state index contributed by atoms with van der Waals surface area (Å²) in [5, 5.41) is 37.4. The Morgan fingerprint density at radius 3 is 1.30 bits per heavy atom. The van der Waals surface area contributed by atoms with Gasteiger partial charge in [-0.1, -0.05) is 89.3 Å². The summed E-state index contributed by atoms with van der Waals surface area (Å²) in [4.78, 5) is 78.2. The fraction of sp³-hybridized carbons (Fsp3) is 0.320. The van der Waals surface area contributed by atoms with Crippen molar-refractivity contribution in [1.82, 2.24) is 29.7 Å². The molecule has 0 radical (unpaired) electrons. The Balaban J connectivity index is 0.00000200. The third-order valence-corrected chi connectivity index (χ3v) is 10.3. The van der Waals surface area contributed by atoms with Crippen LogP contribution in [0.1, 0.15) is 81.0 Å². The molecule has 6 rings (SSSR count). The van der Waals surface area contributed by atoms with E-state index in [1.165, 1.54) is 0 Å². The van der Waals surface area contributed by atoms with E-state index in [4.69, 9.17) is 15.1 Å². The Kier molecular flexibility index (Phi) is 28.6. The van der Waals surface area contributed by atoms with E-state index in [9.17, 15) is 64.3 Å². The fourth-order valence-corrected chi connectivity index (χ4v) is 6.90. The molecule has 4 aromatic heterocycles. The number of hydrogen-bond donors (Lipinski definition) is 3. The monoisotopic (exact) mass is 1270 g/mol. The summed E-state index contributed by atoms with van der Waals surface area (Å²) < 4.78 is 73.3. The third-order valence-electron chi connectivity index (χ3n) is 9.89. The van der Waals surface area contributed by atoms with Crippen LogP contribution in [-0.4, -0.2) is 64.2 Å². The van der Waals surface area contributed by atoms with Gasteiger partial charge in [-0.25, -0.2) is 9.97 Å². The number of aromatic nitrogens is 4. The van der Waals surface area contributed by atoms with Crippen molar-refractivity contribution in [3.8, 4) is 11.5 Å². The molecule has 4 heterocycles. The van der Waals surface area contributed by atoms with E-state index in [1.54, 1.807) is 24.5 Å². The number of pyridine rings is 4. The second kappa shape index (κ2) is 30.9. The standard InChI is InChI=1S/C43H52N8O3.C6H6NO6P.CH4O.F6P.H2O.2Zn/c1-30-22-31(24-50(26-33-14-8-10-20-44-33)27-34-15-9-11-21-45-34)39(52)32(23-30)25-51(28-35-16-12-18-37(46-35)48-40(53)42(2,3)4)29-36-17-13-19-38(47-36)49-41(54)43(5,6)7;8-7(9)5-1-3-6(4-2-5)13-14(10,11)12;1-2;1-7(2,3,4,5)6;;;/h8-23,52H,24-29H2,1-7H3,(H,46,48,53)(H,47,49,54);1-4H,(H2,10,11,12);2H,1H3;;1H2;;/q;;;-1;;2*+2/p-3. The summed E-state index contributed by atoms with van der Waals surface area (Å²) in [5.74, 6) is 0.373. The molecular weight excluding hydrogens is 1210 g/mol. The normalized spacial score (nSPS) is 12.0. The number of carbonyl (C=O) groups excluding carboxylic acids is 2. The maximum absolute atomic E-state index is 14.3. The average Bonchev–Trinajstić information content (AvgIpc) is 3.30. The number of hydrogen-bond acceptors (Lipinski definition) is 16. The molecule has 80 heavy (non-hydrogen) atoms. The molecule has 30 heteroatoms. The number of aryl methyl sites for hydroxylation is 1. The quantitative estimate of drug-likeness (QED) is 0.0252. The maximum atomic E-state index is 14.3. The number of nitro benzene ring substituents is 1. The number of nitrogens with zero attached hydrogens (tertiary/aromatic N) is 7. The molecule has 0 fully saturated rings. The topological polar surface area (TPSA) is 307 Å². The number of rotatable bonds is 17. The predicted octanol–water partition coefficient (Wildman–Crippen LogP) is 8.99. The number of aliphatic hydroxyl groups is 1. The zero-order chi connectivity index (χ0) is 58.1. The zero-order valence-corrected chi connectivity index (χ0v) is 52.8. The van der Waals surface area contributed by atoms with Crippen LogP contribution in [0, 0.1) is 27.9 Å². The first-order valence-corrected chi connectivity index (χ1v) is 26.5. The molecule has 6 aromatic rings. The van der Waals surface area contributed by atoms with E-state index in [0.29, 0.717) is 62.0 Å². The molecule has 0 unspecified atom stereocenters. The Morgan fingerprint density at radius 1 is 0.637 bits per heavy atom. The van der Waals surface area contributed by atoms with Crippen LogP contribution in [0.5, 0.6) is 11.5 Å². The van der Waals surface area contributed by atoms with Crippen molar-refractivity contribution in [2.24, 2.45) is 10.8 Å². The molecule has 428 valence electrons. The van der Waals surface area contributed by atoms with Crippen LogP contribution in [0.3, 0.4) is 0 Å². The summed E-state index contributed by atoms with van der Waals surface area (Å²) in [6.07, 6.45) is 3.55. The van der Waals surface area contributed by atoms with Crippen LogP contribution in [0.2, 0.25) is 0 Å². The van der Waals surface area contributed by atoms with E-state index < -0.39 is 31.4 Å². The molecule has 5 N–H and O–H groups in total. The number of anilines is 2. The van der Waals surface area contributed by atoms with Gasteiger partial charge in [0.15, 0.2) is 0 Å². The number of benzene rings is 2. The first kappa shape index (κ1) is 74.2.